The number of hydrogen-bond acceptors (Lipinski definition) is 1. The molecule has 1 N–H and O–H groups in total. The molecule has 0 radical (unpaired) electrons. The minimum absolute atomic E-state index is 0.126. The molecule has 0 aromatic heterocycles. The highest BCUT2D eigenvalue weighted by Gasteiger charge is 2.18. The van der Waals surface area contributed by atoms with E-state index in [-0.39, 0.29) is 5.82 Å². The molecule has 1 aliphatic heterocycles. The molecule has 1 nitrogen and oxygen atoms in total. The van der Waals surface area contributed by atoms with Crippen LogP contribution >= 0.6 is 0 Å². The Hall–Kier alpha value is -0.890. The van der Waals surface area contributed by atoms with E-state index in [9.17, 15) is 4.39 Å². The van der Waals surface area contributed by atoms with Crippen LogP contribution in [0.1, 0.15) is 23.6 Å². The van der Waals surface area contributed by atoms with Crippen molar-refractivity contribution >= 4 is 0 Å². The van der Waals surface area contributed by atoms with Gasteiger partial charge in [-0.25, -0.2) is 4.39 Å². The molecule has 0 bridgehead atoms. The number of nitrogens with one attached hydrogen (secondary N) is 1. The first-order valence-corrected chi connectivity index (χ1v) is 4.26. The van der Waals surface area contributed by atoms with Gasteiger partial charge in [-0.2, -0.15) is 0 Å². The summed E-state index contributed by atoms with van der Waals surface area (Å²) in [5, 5.41) is 3.25. The van der Waals surface area contributed by atoms with Crippen LogP contribution in [0.5, 0.6) is 0 Å². The highest BCUT2D eigenvalue weighted by atomic mass is 19.1. The largest absolute Gasteiger partial charge is 0.310 e. The predicted octanol–water partition coefficient (Wildman–Crippen LogP) is 2.17. The van der Waals surface area contributed by atoms with E-state index in [2.05, 4.69) is 5.32 Å². The average Bonchev–Trinajstić information content (AvgIpc) is 1.79. The lowest BCUT2D eigenvalue weighted by Gasteiger charge is -2.28. The van der Waals surface area contributed by atoms with Gasteiger partial charge in [0.15, 0.2) is 0 Å². The lowest BCUT2D eigenvalue weighted by Crippen LogP contribution is -2.34. The van der Waals surface area contributed by atoms with Gasteiger partial charge in [-0.05, 0) is 43.1 Å². The molecule has 1 unspecified atom stereocenters. The number of rotatable bonds is 1. The second-order valence-corrected chi connectivity index (χ2v) is 3.36. The molecule has 0 spiro atoms. The lowest BCUT2D eigenvalue weighted by atomic mass is 9.96. The Bertz CT molecular complexity index is 272. The maximum atomic E-state index is 12.9. The van der Waals surface area contributed by atoms with E-state index in [1.807, 2.05) is 13.0 Å². The van der Waals surface area contributed by atoms with Crippen molar-refractivity contribution in [1.29, 1.82) is 0 Å². The Morgan fingerprint density at radius 2 is 2.17 bits per heavy atom. The van der Waals surface area contributed by atoms with Crippen molar-refractivity contribution in [2.45, 2.75) is 19.4 Å². The van der Waals surface area contributed by atoms with Gasteiger partial charge in [0.2, 0.25) is 0 Å². The van der Waals surface area contributed by atoms with Gasteiger partial charge in [-0.15, -0.1) is 0 Å². The first-order valence-electron chi connectivity index (χ1n) is 4.26. The Labute approximate surface area is 71.6 Å². The Morgan fingerprint density at radius 1 is 1.42 bits per heavy atom. The van der Waals surface area contributed by atoms with Crippen molar-refractivity contribution in [2.75, 3.05) is 6.54 Å². The van der Waals surface area contributed by atoms with E-state index in [0.717, 1.165) is 24.1 Å². The molecule has 0 aliphatic carbocycles. The maximum Gasteiger partial charge on any atom is 0.123 e. The second-order valence-electron chi connectivity index (χ2n) is 3.36. The van der Waals surface area contributed by atoms with Gasteiger partial charge >= 0.3 is 0 Å². The molecule has 0 saturated carbocycles. The summed E-state index contributed by atoms with van der Waals surface area (Å²) >= 11 is 0. The summed E-state index contributed by atoms with van der Waals surface area (Å²) in [6.07, 6.45) is 1.13. The zero-order valence-electron chi connectivity index (χ0n) is 7.10. The van der Waals surface area contributed by atoms with Gasteiger partial charge in [-0.3, -0.25) is 0 Å². The molecule has 64 valence electrons. The van der Waals surface area contributed by atoms with Gasteiger partial charge in [0, 0.05) is 6.04 Å². The highest BCUT2D eigenvalue weighted by molar-refractivity contribution is 5.27. The molecule has 2 heteroatoms. The zero-order valence-corrected chi connectivity index (χ0v) is 7.10. The van der Waals surface area contributed by atoms with E-state index in [0.29, 0.717) is 6.04 Å². The van der Waals surface area contributed by atoms with Crippen molar-refractivity contribution in [2.24, 2.45) is 0 Å². The standard InChI is InChI=1S/C10H12FN/c1-7-4-8(6-9(11)5-7)10-2-3-12-10/h4-6,10,12H,2-3H2,1H3. The Morgan fingerprint density at radius 3 is 2.67 bits per heavy atom. The van der Waals surface area contributed by atoms with Crippen molar-refractivity contribution < 1.29 is 4.39 Å². The van der Waals surface area contributed by atoms with Crippen LogP contribution in [-0.2, 0) is 0 Å². The third-order valence-electron chi connectivity index (χ3n) is 2.29. The third kappa shape index (κ3) is 1.34. The van der Waals surface area contributed by atoms with Crippen molar-refractivity contribution in [3.8, 4) is 0 Å². The minimum Gasteiger partial charge on any atom is -0.310 e. The fraction of sp³-hybridized carbons (Fsp3) is 0.400. The van der Waals surface area contributed by atoms with Crippen LogP contribution in [0.15, 0.2) is 18.2 Å². The predicted molar refractivity (Wildman–Crippen MR) is 46.5 cm³/mol. The molecule has 1 fully saturated rings. The monoisotopic (exact) mass is 165 g/mol. The van der Waals surface area contributed by atoms with Crippen molar-refractivity contribution in [3.05, 3.63) is 35.1 Å². The second kappa shape index (κ2) is 2.87. The number of benzene rings is 1. The zero-order chi connectivity index (χ0) is 8.55. The van der Waals surface area contributed by atoms with Gasteiger partial charge in [-0.1, -0.05) is 6.07 Å². The summed E-state index contributed by atoms with van der Waals surface area (Å²) in [7, 11) is 0. The molecule has 12 heavy (non-hydrogen) atoms. The average molecular weight is 165 g/mol. The molecule has 1 heterocycles. The molecule has 1 aliphatic rings. The van der Waals surface area contributed by atoms with Crippen LogP contribution in [0.2, 0.25) is 0 Å². The van der Waals surface area contributed by atoms with Crippen molar-refractivity contribution in [3.63, 3.8) is 0 Å². The molecular weight excluding hydrogens is 153 g/mol. The highest BCUT2D eigenvalue weighted by Crippen LogP contribution is 2.24. The summed E-state index contributed by atoms with van der Waals surface area (Å²) in [6.45, 7) is 2.98. The summed E-state index contributed by atoms with van der Waals surface area (Å²) in [5.74, 6) is -0.126. The quantitative estimate of drug-likeness (QED) is 0.672. The van der Waals surface area contributed by atoms with E-state index in [1.165, 1.54) is 0 Å². The Balaban J connectivity index is 2.30. The van der Waals surface area contributed by atoms with Gasteiger partial charge in [0.1, 0.15) is 5.82 Å². The van der Waals surface area contributed by atoms with E-state index in [4.69, 9.17) is 0 Å². The van der Waals surface area contributed by atoms with E-state index < -0.39 is 0 Å². The first kappa shape index (κ1) is 7.74. The molecule has 1 saturated heterocycles. The summed E-state index contributed by atoms with van der Waals surface area (Å²) < 4.78 is 12.9. The van der Waals surface area contributed by atoms with Crippen LogP contribution in [0, 0.1) is 12.7 Å². The van der Waals surface area contributed by atoms with Crippen LogP contribution in [0.3, 0.4) is 0 Å². The van der Waals surface area contributed by atoms with E-state index >= 15 is 0 Å². The summed E-state index contributed by atoms with van der Waals surface area (Å²) in [5.41, 5.74) is 2.08. The summed E-state index contributed by atoms with van der Waals surface area (Å²) in [6, 6.07) is 5.60. The van der Waals surface area contributed by atoms with Gasteiger partial charge in [0.25, 0.3) is 0 Å². The Kier molecular flexibility index (Phi) is 1.85. The molecule has 0 amide bonds. The molecule has 1 aromatic rings. The molecule has 1 atom stereocenters. The summed E-state index contributed by atoms with van der Waals surface area (Å²) in [4.78, 5) is 0. The molecule has 1 aromatic carbocycles. The van der Waals surface area contributed by atoms with Crippen LogP contribution < -0.4 is 5.32 Å². The van der Waals surface area contributed by atoms with Crippen LogP contribution in [-0.4, -0.2) is 6.54 Å². The number of aryl methyl sites for hydroxylation is 1. The fourth-order valence-electron chi connectivity index (χ4n) is 1.54. The van der Waals surface area contributed by atoms with Gasteiger partial charge < -0.3 is 5.32 Å². The maximum absolute atomic E-state index is 12.9. The fourth-order valence-corrected chi connectivity index (χ4v) is 1.54. The van der Waals surface area contributed by atoms with E-state index in [1.54, 1.807) is 12.1 Å². The number of hydrogen-bond donors (Lipinski definition) is 1. The molecular formula is C10H12FN. The third-order valence-corrected chi connectivity index (χ3v) is 2.29. The molecule has 2 rings (SSSR count). The lowest BCUT2D eigenvalue weighted by molar-refractivity contribution is 0.381. The topological polar surface area (TPSA) is 12.0 Å². The number of halogens is 1. The first-order chi connectivity index (χ1) is 5.75. The van der Waals surface area contributed by atoms with Crippen LogP contribution in [0.4, 0.5) is 4.39 Å². The minimum atomic E-state index is -0.126. The van der Waals surface area contributed by atoms with Gasteiger partial charge in [0.05, 0.1) is 0 Å². The normalized spacial score (nSPS) is 22.0. The van der Waals surface area contributed by atoms with Crippen LogP contribution in [0.25, 0.3) is 0 Å². The SMILES string of the molecule is Cc1cc(F)cc(C2CCN2)c1. The van der Waals surface area contributed by atoms with Crippen molar-refractivity contribution in [1.82, 2.24) is 5.32 Å². The smallest absolute Gasteiger partial charge is 0.123 e.